The van der Waals surface area contributed by atoms with Crippen molar-refractivity contribution in [3.8, 4) is 0 Å². The average molecular weight is 314 g/mol. The molecule has 23 heavy (non-hydrogen) atoms. The Labute approximate surface area is 138 Å². The molecule has 1 N–H and O–H groups in total. The first kappa shape index (κ1) is 17.3. The number of nitrogens with zero attached hydrogens (tertiary/aromatic N) is 3. The van der Waals surface area contributed by atoms with Gasteiger partial charge in [0.25, 0.3) is 0 Å². The third-order valence-corrected chi connectivity index (χ3v) is 3.54. The van der Waals surface area contributed by atoms with Crippen LogP contribution < -0.4 is 5.32 Å². The molecular weight excluding hydrogens is 288 g/mol. The lowest BCUT2D eigenvalue weighted by Crippen LogP contribution is -2.26. The van der Waals surface area contributed by atoms with Crippen LogP contribution in [0.2, 0.25) is 0 Å². The summed E-state index contributed by atoms with van der Waals surface area (Å²) in [5.41, 5.74) is 1.18. The van der Waals surface area contributed by atoms with E-state index >= 15 is 0 Å². The number of anilines is 1. The molecule has 0 aliphatic heterocycles. The fourth-order valence-corrected chi connectivity index (χ4v) is 2.16. The van der Waals surface area contributed by atoms with Gasteiger partial charge in [-0.25, -0.2) is 4.98 Å². The normalized spacial score (nSPS) is 12.4. The Kier molecular flexibility index (Phi) is 6.47. The lowest BCUT2D eigenvalue weighted by molar-refractivity contribution is 0.111. The van der Waals surface area contributed by atoms with Crippen LogP contribution in [0.4, 0.5) is 5.95 Å². The number of rotatable bonds is 8. The van der Waals surface area contributed by atoms with E-state index in [-0.39, 0.29) is 12.0 Å². The second-order valence-electron chi connectivity index (χ2n) is 5.97. The lowest BCUT2D eigenvalue weighted by Gasteiger charge is -2.18. The van der Waals surface area contributed by atoms with Gasteiger partial charge in [-0.15, -0.1) is 0 Å². The summed E-state index contributed by atoms with van der Waals surface area (Å²) < 4.78 is 5.82. The zero-order valence-electron chi connectivity index (χ0n) is 14.4. The number of benzene rings is 1. The van der Waals surface area contributed by atoms with Crippen molar-refractivity contribution in [1.29, 1.82) is 0 Å². The quantitative estimate of drug-likeness (QED) is 0.805. The van der Waals surface area contributed by atoms with Crippen molar-refractivity contribution in [3.63, 3.8) is 0 Å². The van der Waals surface area contributed by atoms with Crippen molar-refractivity contribution >= 4 is 5.95 Å². The first-order chi connectivity index (χ1) is 11.1. The van der Waals surface area contributed by atoms with Crippen LogP contribution in [-0.4, -0.2) is 27.6 Å². The van der Waals surface area contributed by atoms with Gasteiger partial charge in [0, 0.05) is 5.92 Å². The van der Waals surface area contributed by atoms with Gasteiger partial charge in [0.2, 0.25) is 5.95 Å². The van der Waals surface area contributed by atoms with E-state index < -0.39 is 0 Å². The molecule has 1 aromatic heterocycles. The molecule has 0 saturated heterocycles. The van der Waals surface area contributed by atoms with Crippen LogP contribution in [0.5, 0.6) is 0 Å². The zero-order chi connectivity index (χ0) is 16.7. The van der Waals surface area contributed by atoms with Crippen molar-refractivity contribution < 1.29 is 4.74 Å². The summed E-state index contributed by atoms with van der Waals surface area (Å²) in [6.45, 7) is 9.42. The Morgan fingerprint density at radius 3 is 2.48 bits per heavy atom. The number of aromatic nitrogens is 3. The van der Waals surface area contributed by atoms with Gasteiger partial charge in [0.05, 0.1) is 19.3 Å². The van der Waals surface area contributed by atoms with Gasteiger partial charge in [-0.05, 0) is 18.9 Å². The molecule has 5 nitrogen and oxygen atoms in total. The number of aryl methyl sites for hydroxylation is 1. The minimum Gasteiger partial charge on any atom is -0.375 e. The van der Waals surface area contributed by atoms with Crippen molar-refractivity contribution in [2.75, 3.05) is 11.9 Å². The van der Waals surface area contributed by atoms with E-state index in [1.165, 1.54) is 5.56 Å². The van der Waals surface area contributed by atoms with Crippen LogP contribution >= 0.6 is 0 Å². The van der Waals surface area contributed by atoms with E-state index in [9.17, 15) is 0 Å². The fourth-order valence-electron chi connectivity index (χ4n) is 2.16. The first-order valence-corrected chi connectivity index (χ1v) is 8.19. The maximum Gasteiger partial charge on any atom is 0.226 e. The number of nitrogens with one attached hydrogen (secondary N) is 1. The van der Waals surface area contributed by atoms with Crippen molar-refractivity contribution in [3.05, 3.63) is 47.5 Å². The SMILES string of the molecule is CCC(COCc1ccccc1)Nc1nc(C)nc(C(C)C)n1. The van der Waals surface area contributed by atoms with E-state index in [0.29, 0.717) is 19.2 Å². The smallest absolute Gasteiger partial charge is 0.226 e. The van der Waals surface area contributed by atoms with Crippen LogP contribution in [0.1, 0.15) is 50.3 Å². The molecule has 0 fully saturated rings. The summed E-state index contributed by atoms with van der Waals surface area (Å²) in [4.78, 5) is 13.3. The van der Waals surface area contributed by atoms with Gasteiger partial charge in [-0.3, -0.25) is 0 Å². The maximum absolute atomic E-state index is 5.82. The topological polar surface area (TPSA) is 59.9 Å². The molecule has 1 atom stereocenters. The summed E-state index contributed by atoms with van der Waals surface area (Å²) >= 11 is 0. The van der Waals surface area contributed by atoms with Crippen molar-refractivity contribution in [2.45, 2.75) is 52.7 Å². The standard InChI is InChI=1S/C18H26N4O/c1-5-16(12-23-11-15-9-7-6-8-10-15)21-18-20-14(4)19-17(22-18)13(2)3/h6-10,13,16H,5,11-12H2,1-4H3,(H,19,20,21,22). The summed E-state index contributed by atoms with van der Waals surface area (Å²) in [5.74, 6) is 2.48. The monoisotopic (exact) mass is 314 g/mol. The summed E-state index contributed by atoms with van der Waals surface area (Å²) in [5, 5.41) is 3.36. The third kappa shape index (κ3) is 5.60. The summed E-state index contributed by atoms with van der Waals surface area (Å²) in [6, 6.07) is 10.4. The Morgan fingerprint density at radius 2 is 1.83 bits per heavy atom. The van der Waals surface area contributed by atoms with Crippen LogP contribution in [0, 0.1) is 6.92 Å². The minimum absolute atomic E-state index is 0.181. The minimum atomic E-state index is 0.181. The van der Waals surface area contributed by atoms with Gasteiger partial charge in [-0.2, -0.15) is 9.97 Å². The maximum atomic E-state index is 5.82. The Hall–Kier alpha value is -2.01. The predicted octanol–water partition coefficient (Wildman–Crippen LogP) is 3.71. The Bertz CT molecular complexity index is 601. The molecule has 124 valence electrons. The van der Waals surface area contributed by atoms with Crippen molar-refractivity contribution in [1.82, 2.24) is 15.0 Å². The van der Waals surface area contributed by atoms with Crippen LogP contribution in [0.25, 0.3) is 0 Å². The molecule has 0 radical (unpaired) electrons. The molecule has 2 aromatic rings. The van der Waals surface area contributed by atoms with Gasteiger partial charge in [-0.1, -0.05) is 51.1 Å². The molecule has 0 bridgehead atoms. The van der Waals surface area contributed by atoms with E-state index in [4.69, 9.17) is 4.74 Å². The number of hydrogen-bond acceptors (Lipinski definition) is 5. The second-order valence-corrected chi connectivity index (χ2v) is 5.97. The first-order valence-electron chi connectivity index (χ1n) is 8.19. The molecule has 5 heteroatoms. The predicted molar refractivity (Wildman–Crippen MR) is 92.5 cm³/mol. The van der Waals surface area contributed by atoms with Crippen LogP contribution in [0.15, 0.2) is 30.3 Å². The molecule has 1 unspecified atom stereocenters. The van der Waals surface area contributed by atoms with E-state index in [1.807, 2.05) is 25.1 Å². The second kappa shape index (κ2) is 8.58. The molecule has 0 aliphatic rings. The van der Waals surface area contributed by atoms with Crippen molar-refractivity contribution in [2.24, 2.45) is 0 Å². The van der Waals surface area contributed by atoms with E-state index in [0.717, 1.165) is 18.1 Å². The molecule has 0 aliphatic carbocycles. The molecule has 2 rings (SSSR count). The Morgan fingerprint density at radius 1 is 1.09 bits per heavy atom. The molecule has 1 aromatic carbocycles. The summed E-state index contributed by atoms with van der Waals surface area (Å²) in [6.07, 6.45) is 0.941. The summed E-state index contributed by atoms with van der Waals surface area (Å²) in [7, 11) is 0. The molecular formula is C18H26N4O. The number of hydrogen-bond donors (Lipinski definition) is 1. The molecule has 1 heterocycles. The molecule has 0 amide bonds. The van der Waals surface area contributed by atoms with E-state index in [1.54, 1.807) is 0 Å². The third-order valence-electron chi connectivity index (χ3n) is 3.54. The van der Waals surface area contributed by atoms with Gasteiger partial charge in [0.1, 0.15) is 11.6 Å². The fraction of sp³-hybridized carbons (Fsp3) is 0.500. The highest BCUT2D eigenvalue weighted by Crippen LogP contribution is 2.12. The lowest BCUT2D eigenvalue weighted by atomic mass is 10.2. The largest absolute Gasteiger partial charge is 0.375 e. The van der Waals surface area contributed by atoms with Gasteiger partial charge < -0.3 is 10.1 Å². The van der Waals surface area contributed by atoms with Crippen LogP contribution in [0.3, 0.4) is 0 Å². The highest BCUT2D eigenvalue weighted by molar-refractivity contribution is 5.26. The number of ether oxygens (including phenoxy) is 1. The van der Waals surface area contributed by atoms with E-state index in [2.05, 4.69) is 53.2 Å². The average Bonchev–Trinajstić information content (AvgIpc) is 2.54. The molecule has 0 spiro atoms. The molecule has 0 saturated carbocycles. The highest BCUT2D eigenvalue weighted by Gasteiger charge is 2.12. The highest BCUT2D eigenvalue weighted by atomic mass is 16.5. The van der Waals surface area contributed by atoms with Crippen LogP contribution in [-0.2, 0) is 11.3 Å². The van der Waals surface area contributed by atoms with Gasteiger partial charge >= 0.3 is 0 Å². The Balaban J connectivity index is 1.91. The van der Waals surface area contributed by atoms with Gasteiger partial charge in [0.15, 0.2) is 0 Å². The zero-order valence-corrected chi connectivity index (χ0v) is 14.4.